The summed E-state index contributed by atoms with van der Waals surface area (Å²) in [5.41, 5.74) is 1.44. The van der Waals surface area contributed by atoms with Crippen LogP contribution in [0.25, 0.3) is 0 Å². The molecular formula is C13H14O2. The van der Waals surface area contributed by atoms with Crippen molar-refractivity contribution in [1.29, 1.82) is 0 Å². The Balaban J connectivity index is 2.34. The Labute approximate surface area is 89.2 Å². The van der Waals surface area contributed by atoms with Gasteiger partial charge >= 0.3 is 5.97 Å². The number of aromatic carboxylic acids is 1. The number of carboxylic acid groups (broad SMARTS) is 1. The van der Waals surface area contributed by atoms with Gasteiger partial charge in [-0.15, -0.1) is 0 Å². The van der Waals surface area contributed by atoms with Crippen LogP contribution in [0.2, 0.25) is 0 Å². The molecule has 0 saturated heterocycles. The number of allylic oxidation sites excluding steroid dienone is 2. The summed E-state index contributed by atoms with van der Waals surface area (Å²) in [6.45, 7) is 0. The summed E-state index contributed by atoms with van der Waals surface area (Å²) in [5, 5.41) is 9.08. The van der Waals surface area contributed by atoms with E-state index in [1.54, 1.807) is 12.1 Å². The summed E-state index contributed by atoms with van der Waals surface area (Å²) in [7, 11) is 0. The highest BCUT2D eigenvalue weighted by Crippen LogP contribution is 2.31. The Morgan fingerprint density at radius 1 is 1.27 bits per heavy atom. The SMILES string of the molecule is O=C(O)c1ccccc1C1CC=CCC1. The molecule has 1 aromatic carbocycles. The van der Waals surface area contributed by atoms with Crippen molar-refractivity contribution in [2.45, 2.75) is 25.2 Å². The maximum absolute atomic E-state index is 11.0. The normalized spacial score (nSPS) is 20.1. The van der Waals surface area contributed by atoms with Crippen LogP contribution in [0.1, 0.15) is 41.1 Å². The van der Waals surface area contributed by atoms with Crippen molar-refractivity contribution in [3.05, 3.63) is 47.5 Å². The molecule has 1 unspecified atom stereocenters. The van der Waals surface area contributed by atoms with E-state index in [9.17, 15) is 4.79 Å². The molecule has 2 rings (SSSR count). The topological polar surface area (TPSA) is 37.3 Å². The van der Waals surface area contributed by atoms with Crippen LogP contribution >= 0.6 is 0 Å². The van der Waals surface area contributed by atoms with Gasteiger partial charge in [-0.2, -0.15) is 0 Å². The van der Waals surface area contributed by atoms with Crippen LogP contribution in [0.3, 0.4) is 0 Å². The highest BCUT2D eigenvalue weighted by atomic mass is 16.4. The number of carboxylic acids is 1. The molecule has 0 fully saturated rings. The van der Waals surface area contributed by atoms with Gasteiger partial charge in [-0.25, -0.2) is 4.79 Å². The van der Waals surface area contributed by atoms with Crippen molar-refractivity contribution >= 4 is 5.97 Å². The Kier molecular flexibility index (Phi) is 2.86. The van der Waals surface area contributed by atoms with E-state index in [2.05, 4.69) is 12.2 Å². The summed E-state index contributed by atoms with van der Waals surface area (Å²) in [6, 6.07) is 7.33. The Morgan fingerprint density at radius 2 is 2.07 bits per heavy atom. The first-order chi connectivity index (χ1) is 7.29. The molecule has 0 heterocycles. The lowest BCUT2D eigenvalue weighted by Gasteiger charge is -2.19. The second kappa shape index (κ2) is 4.30. The predicted molar refractivity (Wildman–Crippen MR) is 59.1 cm³/mol. The molecule has 2 heteroatoms. The summed E-state index contributed by atoms with van der Waals surface area (Å²) < 4.78 is 0. The molecule has 0 aromatic heterocycles. The molecule has 78 valence electrons. The first-order valence-electron chi connectivity index (χ1n) is 5.26. The van der Waals surface area contributed by atoms with Crippen LogP contribution in [0, 0.1) is 0 Å². The first-order valence-corrected chi connectivity index (χ1v) is 5.26. The maximum atomic E-state index is 11.0. The van der Waals surface area contributed by atoms with Gasteiger partial charge in [-0.3, -0.25) is 0 Å². The summed E-state index contributed by atoms with van der Waals surface area (Å²) >= 11 is 0. The zero-order valence-corrected chi connectivity index (χ0v) is 8.52. The van der Waals surface area contributed by atoms with Crippen LogP contribution in [-0.2, 0) is 0 Å². The minimum atomic E-state index is -0.819. The van der Waals surface area contributed by atoms with Crippen LogP contribution in [0.4, 0.5) is 0 Å². The molecule has 0 saturated carbocycles. The highest BCUT2D eigenvalue weighted by Gasteiger charge is 2.18. The number of carbonyl (C=O) groups is 1. The molecule has 0 aliphatic heterocycles. The van der Waals surface area contributed by atoms with Crippen molar-refractivity contribution in [2.75, 3.05) is 0 Å². The molecule has 15 heavy (non-hydrogen) atoms. The van der Waals surface area contributed by atoms with E-state index < -0.39 is 5.97 Å². The minimum Gasteiger partial charge on any atom is -0.478 e. The fourth-order valence-corrected chi connectivity index (χ4v) is 2.12. The second-order valence-electron chi connectivity index (χ2n) is 3.87. The van der Waals surface area contributed by atoms with E-state index >= 15 is 0 Å². The first kappa shape index (κ1) is 9.97. The monoisotopic (exact) mass is 202 g/mol. The molecule has 1 aliphatic rings. The summed E-state index contributed by atoms with van der Waals surface area (Å²) in [6.07, 6.45) is 7.39. The molecule has 2 nitrogen and oxygen atoms in total. The zero-order chi connectivity index (χ0) is 10.7. The third-order valence-corrected chi connectivity index (χ3v) is 2.90. The molecule has 1 aromatic rings. The molecule has 1 atom stereocenters. The van der Waals surface area contributed by atoms with Crippen molar-refractivity contribution in [2.24, 2.45) is 0 Å². The lowest BCUT2D eigenvalue weighted by Crippen LogP contribution is -2.08. The van der Waals surface area contributed by atoms with Crippen molar-refractivity contribution in [1.82, 2.24) is 0 Å². The van der Waals surface area contributed by atoms with E-state index in [0.29, 0.717) is 11.5 Å². The molecule has 0 spiro atoms. The Hall–Kier alpha value is -1.57. The lowest BCUT2D eigenvalue weighted by atomic mass is 9.85. The highest BCUT2D eigenvalue weighted by molar-refractivity contribution is 5.89. The molecule has 0 radical (unpaired) electrons. The van der Waals surface area contributed by atoms with E-state index in [0.717, 1.165) is 24.8 Å². The van der Waals surface area contributed by atoms with Gasteiger partial charge < -0.3 is 5.11 Å². The molecule has 0 amide bonds. The molecular weight excluding hydrogens is 188 g/mol. The standard InChI is InChI=1S/C13H14O2/c14-13(15)12-9-5-4-8-11(12)10-6-2-1-3-7-10/h1-2,4-5,8-10H,3,6-7H2,(H,14,15). The quantitative estimate of drug-likeness (QED) is 0.748. The Bertz CT molecular complexity index is 393. The van der Waals surface area contributed by atoms with Gasteiger partial charge in [0.2, 0.25) is 0 Å². The predicted octanol–water partition coefficient (Wildman–Crippen LogP) is 3.21. The fourth-order valence-electron chi connectivity index (χ4n) is 2.12. The smallest absolute Gasteiger partial charge is 0.335 e. The van der Waals surface area contributed by atoms with Crippen molar-refractivity contribution < 1.29 is 9.90 Å². The lowest BCUT2D eigenvalue weighted by molar-refractivity contribution is 0.0695. The van der Waals surface area contributed by atoms with Gasteiger partial charge in [0.1, 0.15) is 0 Å². The van der Waals surface area contributed by atoms with Gasteiger partial charge in [-0.05, 0) is 36.8 Å². The number of rotatable bonds is 2. The fraction of sp³-hybridized carbons (Fsp3) is 0.308. The van der Waals surface area contributed by atoms with Gasteiger partial charge in [0, 0.05) is 0 Å². The van der Waals surface area contributed by atoms with E-state index in [-0.39, 0.29) is 0 Å². The zero-order valence-electron chi connectivity index (χ0n) is 8.52. The van der Waals surface area contributed by atoms with E-state index in [1.165, 1.54) is 0 Å². The number of benzene rings is 1. The van der Waals surface area contributed by atoms with Crippen molar-refractivity contribution in [3.63, 3.8) is 0 Å². The van der Waals surface area contributed by atoms with Crippen LogP contribution in [0.15, 0.2) is 36.4 Å². The second-order valence-corrected chi connectivity index (χ2v) is 3.87. The summed E-state index contributed by atoms with van der Waals surface area (Å²) in [5.74, 6) is -0.442. The van der Waals surface area contributed by atoms with Gasteiger partial charge in [0.25, 0.3) is 0 Å². The molecule has 0 bridgehead atoms. The third kappa shape index (κ3) is 2.09. The van der Waals surface area contributed by atoms with Crippen LogP contribution in [-0.4, -0.2) is 11.1 Å². The molecule has 1 aliphatic carbocycles. The average Bonchev–Trinajstić information content (AvgIpc) is 2.30. The van der Waals surface area contributed by atoms with Gasteiger partial charge in [-0.1, -0.05) is 30.4 Å². The van der Waals surface area contributed by atoms with Crippen LogP contribution < -0.4 is 0 Å². The largest absolute Gasteiger partial charge is 0.478 e. The van der Waals surface area contributed by atoms with Crippen LogP contribution in [0.5, 0.6) is 0 Å². The van der Waals surface area contributed by atoms with E-state index in [1.807, 2.05) is 12.1 Å². The molecule has 1 N–H and O–H groups in total. The van der Waals surface area contributed by atoms with E-state index in [4.69, 9.17) is 5.11 Å². The number of hydrogen-bond donors (Lipinski definition) is 1. The van der Waals surface area contributed by atoms with Crippen molar-refractivity contribution in [3.8, 4) is 0 Å². The Morgan fingerprint density at radius 3 is 2.73 bits per heavy atom. The summed E-state index contributed by atoms with van der Waals surface area (Å²) in [4.78, 5) is 11.0. The van der Waals surface area contributed by atoms with Gasteiger partial charge in [0.15, 0.2) is 0 Å². The number of hydrogen-bond acceptors (Lipinski definition) is 1. The maximum Gasteiger partial charge on any atom is 0.335 e. The average molecular weight is 202 g/mol. The van der Waals surface area contributed by atoms with Gasteiger partial charge in [0.05, 0.1) is 5.56 Å². The minimum absolute atomic E-state index is 0.377. The third-order valence-electron chi connectivity index (χ3n) is 2.90.